The standard InChI is InChI=1S/C58H38N4/c1-5-14-39(15-6-1)40-24-28-45(29-25-40)55-38-54(44-20-11-4-12-21-44)61-58(62-55)47-30-26-41(27-31-47)48-22-13-23-49(36-48)52-35-33-46-32-34-50-51(42-16-7-2-8-17-42)37-53(43-18-9-3-10-19-43)60-57(50)56(46)59-52/h1-38H. The first-order valence-corrected chi connectivity index (χ1v) is 20.9. The maximum Gasteiger partial charge on any atom is 0.160 e. The van der Waals surface area contributed by atoms with Crippen LogP contribution in [0.5, 0.6) is 0 Å². The molecule has 11 aromatic rings. The van der Waals surface area contributed by atoms with Crippen LogP contribution in [-0.2, 0) is 0 Å². The molecule has 11 rings (SSSR count). The van der Waals surface area contributed by atoms with Crippen molar-refractivity contribution < 1.29 is 0 Å². The third-order valence-electron chi connectivity index (χ3n) is 11.5. The minimum Gasteiger partial charge on any atom is -0.245 e. The van der Waals surface area contributed by atoms with Gasteiger partial charge in [0.2, 0.25) is 0 Å². The maximum absolute atomic E-state index is 5.34. The van der Waals surface area contributed by atoms with Gasteiger partial charge in [-0.2, -0.15) is 0 Å². The van der Waals surface area contributed by atoms with Gasteiger partial charge in [0, 0.05) is 38.6 Å². The van der Waals surface area contributed by atoms with Crippen LogP contribution in [0.1, 0.15) is 0 Å². The third kappa shape index (κ3) is 7.20. The summed E-state index contributed by atoms with van der Waals surface area (Å²) in [5.74, 6) is 0.681. The average Bonchev–Trinajstić information content (AvgIpc) is 3.37. The van der Waals surface area contributed by atoms with E-state index in [4.69, 9.17) is 19.9 Å². The van der Waals surface area contributed by atoms with Gasteiger partial charge in [-0.15, -0.1) is 0 Å². The molecule has 0 unspecified atom stereocenters. The first kappa shape index (κ1) is 36.7. The van der Waals surface area contributed by atoms with Crippen LogP contribution in [-0.4, -0.2) is 19.9 Å². The predicted octanol–water partition coefficient (Wildman–Crippen LogP) is 14.9. The van der Waals surface area contributed by atoms with E-state index in [0.29, 0.717) is 5.82 Å². The summed E-state index contributed by atoms with van der Waals surface area (Å²) in [6, 6.07) is 80.3. The van der Waals surface area contributed by atoms with Crippen molar-refractivity contribution in [3.8, 4) is 89.8 Å². The number of hydrogen-bond acceptors (Lipinski definition) is 4. The highest BCUT2D eigenvalue weighted by atomic mass is 14.9. The lowest BCUT2D eigenvalue weighted by Gasteiger charge is -2.13. The number of benzene rings is 8. The number of pyridine rings is 2. The summed E-state index contributed by atoms with van der Waals surface area (Å²) in [5, 5.41) is 2.13. The van der Waals surface area contributed by atoms with Crippen LogP contribution in [0.2, 0.25) is 0 Å². The second kappa shape index (κ2) is 16.0. The maximum atomic E-state index is 5.34. The lowest BCUT2D eigenvalue weighted by Crippen LogP contribution is -1.96. The number of hydrogen-bond donors (Lipinski definition) is 0. The molecule has 0 amide bonds. The van der Waals surface area contributed by atoms with Crippen molar-refractivity contribution in [3.63, 3.8) is 0 Å². The third-order valence-corrected chi connectivity index (χ3v) is 11.5. The van der Waals surface area contributed by atoms with Crippen molar-refractivity contribution in [2.75, 3.05) is 0 Å². The molecule has 0 atom stereocenters. The smallest absolute Gasteiger partial charge is 0.160 e. The molecule has 3 aromatic heterocycles. The second-order valence-electron chi connectivity index (χ2n) is 15.4. The van der Waals surface area contributed by atoms with Gasteiger partial charge in [0.1, 0.15) is 0 Å². The molecular weight excluding hydrogens is 753 g/mol. The fourth-order valence-corrected chi connectivity index (χ4v) is 8.26. The van der Waals surface area contributed by atoms with E-state index < -0.39 is 0 Å². The fraction of sp³-hybridized carbons (Fsp3) is 0. The van der Waals surface area contributed by atoms with Crippen molar-refractivity contribution in [1.29, 1.82) is 0 Å². The van der Waals surface area contributed by atoms with Gasteiger partial charge >= 0.3 is 0 Å². The van der Waals surface area contributed by atoms with Crippen molar-refractivity contribution in [3.05, 3.63) is 231 Å². The highest BCUT2D eigenvalue weighted by Crippen LogP contribution is 2.37. The van der Waals surface area contributed by atoms with Crippen molar-refractivity contribution >= 4 is 21.8 Å². The van der Waals surface area contributed by atoms with E-state index in [9.17, 15) is 0 Å². The molecule has 4 nitrogen and oxygen atoms in total. The van der Waals surface area contributed by atoms with Gasteiger partial charge in [-0.1, -0.05) is 206 Å². The molecule has 0 aliphatic heterocycles. The van der Waals surface area contributed by atoms with Gasteiger partial charge < -0.3 is 0 Å². The Morgan fingerprint density at radius 2 is 0.661 bits per heavy atom. The molecule has 8 aromatic carbocycles. The average molecular weight is 791 g/mol. The molecule has 0 radical (unpaired) electrons. The van der Waals surface area contributed by atoms with E-state index in [2.05, 4.69) is 200 Å². The van der Waals surface area contributed by atoms with Crippen LogP contribution in [0.15, 0.2) is 231 Å². The molecule has 4 heteroatoms. The monoisotopic (exact) mass is 790 g/mol. The highest BCUT2D eigenvalue weighted by molar-refractivity contribution is 6.09. The molecule has 62 heavy (non-hydrogen) atoms. The molecule has 0 saturated heterocycles. The van der Waals surface area contributed by atoms with Crippen LogP contribution < -0.4 is 0 Å². The minimum atomic E-state index is 0.681. The largest absolute Gasteiger partial charge is 0.245 e. The summed E-state index contributed by atoms with van der Waals surface area (Å²) in [7, 11) is 0. The quantitative estimate of drug-likeness (QED) is 0.144. The van der Waals surface area contributed by atoms with Crippen molar-refractivity contribution in [2.45, 2.75) is 0 Å². The summed E-state index contributed by atoms with van der Waals surface area (Å²) < 4.78 is 0. The van der Waals surface area contributed by atoms with Crippen LogP contribution in [0.25, 0.3) is 112 Å². The summed E-state index contributed by atoms with van der Waals surface area (Å²) in [5.41, 5.74) is 17.3. The molecular formula is C58H38N4. The lowest BCUT2D eigenvalue weighted by atomic mass is 9.96. The number of aromatic nitrogens is 4. The van der Waals surface area contributed by atoms with Crippen LogP contribution in [0.3, 0.4) is 0 Å². The molecule has 0 aliphatic carbocycles. The van der Waals surface area contributed by atoms with Crippen molar-refractivity contribution in [1.82, 2.24) is 19.9 Å². The van der Waals surface area contributed by atoms with Gasteiger partial charge in [0.25, 0.3) is 0 Å². The lowest BCUT2D eigenvalue weighted by molar-refractivity contribution is 1.18. The van der Waals surface area contributed by atoms with E-state index in [1.165, 1.54) is 11.1 Å². The highest BCUT2D eigenvalue weighted by Gasteiger charge is 2.15. The Kier molecular flexibility index (Phi) is 9.49. The molecule has 0 aliphatic rings. The zero-order valence-electron chi connectivity index (χ0n) is 33.7. The topological polar surface area (TPSA) is 51.6 Å². The molecule has 0 N–H and O–H groups in total. The van der Waals surface area contributed by atoms with Gasteiger partial charge in [-0.25, -0.2) is 19.9 Å². The van der Waals surface area contributed by atoms with Gasteiger partial charge in [-0.3, -0.25) is 0 Å². The summed E-state index contributed by atoms with van der Waals surface area (Å²) in [6.45, 7) is 0. The van der Waals surface area contributed by atoms with Crippen LogP contribution in [0.4, 0.5) is 0 Å². The van der Waals surface area contributed by atoms with Gasteiger partial charge in [0.05, 0.1) is 33.8 Å². The molecule has 3 heterocycles. The Morgan fingerprint density at radius 1 is 0.226 bits per heavy atom. The Balaban J connectivity index is 0.946. The van der Waals surface area contributed by atoms with E-state index in [0.717, 1.165) is 94.7 Å². The second-order valence-corrected chi connectivity index (χ2v) is 15.4. The molecule has 0 spiro atoms. The number of fused-ring (bicyclic) bond motifs is 3. The van der Waals surface area contributed by atoms with Gasteiger partial charge in [0.15, 0.2) is 5.82 Å². The summed E-state index contributed by atoms with van der Waals surface area (Å²) in [4.78, 5) is 20.8. The molecule has 0 fully saturated rings. The Hall–Kier alpha value is -8.34. The number of nitrogens with zero attached hydrogens (tertiary/aromatic N) is 4. The van der Waals surface area contributed by atoms with E-state index in [1.807, 2.05) is 30.3 Å². The van der Waals surface area contributed by atoms with E-state index >= 15 is 0 Å². The van der Waals surface area contributed by atoms with Crippen LogP contribution >= 0.6 is 0 Å². The van der Waals surface area contributed by atoms with Gasteiger partial charge in [-0.05, 0) is 57.6 Å². The predicted molar refractivity (Wildman–Crippen MR) is 256 cm³/mol. The van der Waals surface area contributed by atoms with Crippen molar-refractivity contribution in [2.24, 2.45) is 0 Å². The number of rotatable bonds is 8. The fourth-order valence-electron chi connectivity index (χ4n) is 8.26. The zero-order valence-corrected chi connectivity index (χ0v) is 33.7. The molecule has 290 valence electrons. The first-order valence-electron chi connectivity index (χ1n) is 20.9. The molecule has 0 bridgehead atoms. The Bertz CT molecular complexity index is 3350. The normalized spacial score (nSPS) is 11.2. The van der Waals surface area contributed by atoms with E-state index in [1.54, 1.807) is 0 Å². The summed E-state index contributed by atoms with van der Waals surface area (Å²) >= 11 is 0. The Morgan fingerprint density at radius 3 is 1.29 bits per heavy atom. The summed E-state index contributed by atoms with van der Waals surface area (Å²) in [6.07, 6.45) is 0. The first-order chi connectivity index (χ1) is 30.7. The SMILES string of the molecule is c1ccc(-c2ccc(-c3cc(-c4ccccc4)nc(-c4ccc(-c5cccc(-c6ccc7ccc8c(-c9ccccc9)cc(-c9ccccc9)nc8c7n6)c5)cc4)n3)cc2)cc1. The van der Waals surface area contributed by atoms with E-state index in [-0.39, 0.29) is 0 Å². The minimum absolute atomic E-state index is 0.681. The van der Waals surface area contributed by atoms with Crippen LogP contribution in [0, 0.1) is 0 Å². The molecule has 0 saturated carbocycles. The zero-order chi connectivity index (χ0) is 41.2. The Labute approximate surface area is 360 Å².